The lowest BCUT2D eigenvalue weighted by Crippen LogP contribution is -2.34. The molecule has 0 aliphatic carbocycles. The van der Waals surface area contributed by atoms with Gasteiger partial charge in [-0.05, 0) is 12.3 Å². The highest BCUT2D eigenvalue weighted by atomic mass is 16.6. The molecule has 0 aliphatic heterocycles. The Labute approximate surface area is 80.1 Å². The van der Waals surface area contributed by atoms with Crippen molar-refractivity contribution in [1.29, 1.82) is 0 Å². The Morgan fingerprint density at radius 2 is 1.92 bits per heavy atom. The van der Waals surface area contributed by atoms with E-state index >= 15 is 0 Å². The third kappa shape index (κ3) is 4.88. The lowest BCUT2D eigenvalue weighted by Gasteiger charge is -2.30. The second-order valence-electron chi connectivity index (χ2n) is 4.55. The Morgan fingerprint density at radius 1 is 1.46 bits per heavy atom. The van der Waals surface area contributed by atoms with Gasteiger partial charge in [-0.3, -0.25) is 4.79 Å². The SMILES string of the molecule is CC(=O)OC(O)C(C)(C)CC(C)C. The number of esters is 1. The van der Waals surface area contributed by atoms with E-state index in [2.05, 4.69) is 13.8 Å². The standard InChI is InChI=1S/C10H20O3/c1-7(2)6-10(4,5)9(12)13-8(3)11/h7,9,12H,6H2,1-5H3. The van der Waals surface area contributed by atoms with Crippen LogP contribution in [0.2, 0.25) is 0 Å². The van der Waals surface area contributed by atoms with E-state index < -0.39 is 12.3 Å². The maximum atomic E-state index is 10.6. The summed E-state index contributed by atoms with van der Waals surface area (Å²) >= 11 is 0. The van der Waals surface area contributed by atoms with E-state index in [0.717, 1.165) is 6.42 Å². The van der Waals surface area contributed by atoms with Gasteiger partial charge in [-0.25, -0.2) is 0 Å². The van der Waals surface area contributed by atoms with E-state index in [9.17, 15) is 9.90 Å². The summed E-state index contributed by atoms with van der Waals surface area (Å²) in [5.74, 6) is 0.0320. The van der Waals surface area contributed by atoms with E-state index in [0.29, 0.717) is 5.92 Å². The molecular formula is C10H20O3. The molecule has 0 aromatic rings. The molecule has 3 nitrogen and oxygen atoms in total. The Hall–Kier alpha value is -0.570. The molecule has 1 N–H and O–H groups in total. The highest BCUT2D eigenvalue weighted by molar-refractivity contribution is 5.66. The number of rotatable bonds is 4. The third-order valence-electron chi connectivity index (χ3n) is 1.88. The fourth-order valence-corrected chi connectivity index (χ4v) is 1.47. The smallest absolute Gasteiger partial charge is 0.304 e. The minimum Gasteiger partial charge on any atom is -0.436 e. The van der Waals surface area contributed by atoms with Crippen molar-refractivity contribution >= 4 is 5.97 Å². The maximum Gasteiger partial charge on any atom is 0.304 e. The van der Waals surface area contributed by atoms with Gasteiger partial charge in [0.1, 0.15) is 0 Å². The number of carbonyl (C=O) groups is 1. The molecule has 0 aromatic heterocycles. The van der Waals surface area contributed by atoms with Crippen molar-refractivity contribution in [2.75, 3.05) is 0 Å². The van der Waals surface area contributed by atoms with Gasteiger partial charge >= 0.3 is 5.97 Å². The Morgan fingerprint density at radius 3 is 2.23 bits per heavy atom. The van der Waals surface area contributed by atoms with Crippen LogP contribution >= 0.6 is 0 Å². The largest absolute Gasteiger partial charge is 0.436 e. The van der Waals surface area contributed by atoms with Crippen LogP contribution < -0.4 is 0 Å². The average molecular weight is 188 g/mol. The van der Waals surface area contributed by atoms with Gasteiger partial charge in [-0.1, -0.05) is 27.7 Å². The summed E-state index contributed by atoms with van der Waals surface area (Å²) in [6.07, 6.45) is -0.186. The molecule has 1 unspecified atom stereocenters. The number of aliphatic hydroxyl groups excluding tert-OH is 1. The Balaban J connectivity index is 4.17. The van der Waals surface area contributed by atoms with E-state index in [-0.39, 0.29) is 5.41 Å². The van der Waals surface area contributed by atoms with Crippen LogP contribution in [0.25, 0.3) is 0 Å². The molecule has 0 radical (unpaired) electrons. The van der Waals surface area contributed by atoms with Crippen molar-refractivity contribution < 1.29 is 14.6 Å². The quantitative estimate of drug-likeness (QED) is 0.541. The molecule has 1 atom stereocenters. The first-order chi connectivity index (χ1) is 5.75. The average Bonchev–Trinajstić information content (AvgIpc) is 1.81. The van der Waals surface area contributed by atoms with Crippen molar-refractivity contribution in [3.63, 3.8) is 0 Å². The summed E-state index contributed by atoms with van der Waals surface area (Å²) < 4.78 is 4.73. The molecule has 0 saturated heterocycles. The summed E-state index contributed by atoms with van der Waals surface area (Å²) in [5.41, 5.74) is -0.375. The molecule has 0 aliphatic rings. The number of carbonyl (C=O) groups excluding carboxylic acids is 1. The normalized spacial score (nSPS) is 14.4. The summed E-state index contributed by atoms with van der Waals surface area (Å²) in [7, 11) is 0. The van der Waals surface area contributed by atoms with Crippen LogP contribution in [-0.4, -0.2) is 17.4 Å². The topological polar surface area (TPSA) is 46.5 Å². The molecule has 0 aromatic carbocycles. The Bertz CT molecular complexity index is 173. The van der Waals surface area contributed by atoms with E-state index in [1.165, 1.54) is 6.92 Å². The van der Waals surface area contributed by atoms with Crippen molar-refractivity contribution in [3.05, 3.63) is 0 Å². The fraction of sp³-hybridized carbons (Fsp3) is 0.900. The molecule has 0 fully saturated rings. The van der Waals surface area contributed by atoms with E-state index in [1.807, 2.05) is 13.8 Å². The van der Waals surface area contributed by atoms with Gasteiger partial charge in [-0.2, -0.15) is 0 Å². The lowest BCUT2D eigenvalue weighted by atomic mass is 9.83. The number of hydrogen-bond acceptors (Lipinski definition) is 3. The second kappa shape index (κ2) is 4.61. The van der Waals surface area contributed by atoms with Gasteiger partial charge in [0.25, 0.3) is 0 Å². The first-order valence-corrected chi connectivity index (χ1v) is 4.61. The van der Waals surface area contributed by atoms with Crippen molar-refractivity contribution in [2.45, 2.75) is 47.3 Å². The second-order valence-corrected chi connectivity index (χ2v) is 4.55. The monoisotopic (exact) mass is 188 g/mol. The van der Waals surface area contributed by atoms with Gasteiger partial charge in [-0.15, -0.1) is 0 Å². The van der Waals surface area contributed by atoms with E-state index in [1.54, 1.807) is 0 Å². The Kier molecular flexibility index (Phi) is 4.40. The maximum absolute atomic E-state index is 10.6. The predicted molar refractivity (Wildman–Crippen MR) is 51.0 cm³/mol. The first kappa shape index (κ1) is 12.4. The molecule has 0 heterocycles. The highest BCUT2D eigenvalue weighted by Crippen LogP contribution is 2.29. The molecule has 0 spiro atoms. The van der Waals surface area contributed by atoms with Crippen LogP contribution in [0.1, 0.15) is 41.0 Å². The molecule has 0 rings (SSSR count). The van der Waals surface area contributed by atoms with Crippen LogP contribution in [0.4, 0.5) is 0 Å². The fourth-order valence-electron chi connectivity index (χ4n) is 1.47. The number of hydrogen-bond donors (Lipinski definition) is 1. The summed E-state index contributed by atoms with van der Waals surface area (Å²) in [5, 5.41) is 9.55. The molecule has 78 valence electrons. The van der Waals surface area contributed by atoms with Crippen molar-refractivity contribution in [2.24, 2.45) is 11.3 Å². The van der Waals surface area contributed by atoms with Crippen LogP contribution in [-0.2, 0) is 9.53 Å². The summed E-state index contributed by atoms with van der Waals surface area (Å²) in [4.78, 5) is 10.6. The van der Waals surface area contributed by atoms with E-state index in [4.69, 9.17) is 4.74 Å². The summed E-state index contributed by atoms with van der Waals surface area (Å²) in [6.45, 7) is 9.22. The van der Waals surface area contributed by atoms with Gasteiger partial charge < -0.3 is 9.84 Å². The van der Waals surface area contributed by atoms with Gasteiger partial charge in [0.05, 0.1) is 0 Å². The molecular weight excluding hydrogens is 168 g/mol. The van der Waals surface area contributed by atoms with Gasteiger partial charge in [0, 0.05) is 12.3 Å². The minimum absolute atomic E-state index is 0.375. The molecule has 3 heteroatoms. The summed E-state index contributed by atoms with van der Waals surface area (Å²) in [6, 6.07) is 0. The zero-order chi connectivity index (χ0) is 10.6. The van der Waals surface area contributed by atoms with Gasteiger partial charge in [0.2, 0.25) is 6.29 Å². The molecule has 0 bridgehead atoms. The third-order valence-corrected chi connectivity index (χ3v) is 1.88. The molecule has 0 saturated carbocycles. The van der Waals surface area contributed by atoms with Crippen LogP contribution in [0.15, 0.2) is 0 Å². The first-order valence-electron chi connectivity index (χ1n) is 4.61. The molecule has 0 amide bonds. The van der Waals surface area contributed by atoms with Crippen LogP contribution in [0.3, 0.4) is 0 Å². The number of ether oxygens (including phenoxy) is 1. The van der Waals surface area contributed by atoms with Crippen LogP contribution in [0, 0.1) is 11.3 Å². The number of aliphatic hydroxyl groups is 1. The minimum atomic E-state index is -1.01. The van der Waals surface area contributed by atoms with Crippen molar-refractivity contribution in [3.8, 4) is 0 Å². The predicted octanol–water partition coefficient (Wildman–Crippen LogP) is 1.94. The zero-order valence-corrected chi connectivity index (χ0v) is 9.13. The van der Waals surface area contributed by atoms with Crippen molar-refractivity contribution in [1.82, 2.24) is 0 Å². The molecule has 13 heavy (non-hydrogen) atoms. The van der Waals surface area contributed by atoms with Crippen LogP contribution in [0.5, 0.6) is 0 Å². The highest BCUT2D eigenvalue weighted by Gasteiger charge is 2.30. The lowest BCUT2D eigenvalue weighted by molar-refractivity contribution is -0.188. The zero-order valence-electron chi connectivity index (χ0n) is 9.13. The van der Waals surface area contributed by atoms with Gasteiger partial charge in [0.15, 0.2) is 0 Å².